The SMILES string of the molecule is O=C(CCc1ccccc1O)C(=O)[C@H]1O[C@@H](Oc2ccc(CCO)cc2)[C@H](O)[C@@H](O)[C@@H]1O. The van der Waals surface area contributed by atoms with E-state index >= 15 is 0 Å². The number of aliphatic hydroxyl groups is 4. The maximum absolute atomic E-state index is 12.6. The Balaban J connectivity index is 1.66. The van der Waals surface area contributed by atoms with E-state index in [-0.39, 0.29) is 30.9 Å². The molecule has 3 rings (SSSR count). The van der Waals surface area contributed by atoms with Crippen LogP contribution in [-0.4, -0.2) is 74.4 Å². The topological polar surface area (TPSA) is 154 Å². The number of ether oxygens (including phenoxy) is 2. The Morgan fingerprint density at radius 3 is 2.25 bits per heavy atom. The van der Waals surface area contributed by atoms with E-state index < -0.39 is 42.3 Å². The second-order valence-electron chi connectivity index (χ2n) is 7.55. The number of carbonyl (C=O) groups is 2. The van der Waals surface area contributed by atoms with E-state index in [4.69, 9.17) is 14.6 Å². The van der Waals surface area contributed by atoms with Crippen molar-refractivity contribution in [1.29, 1.82) is 0 Å². The monoisotopic (exact) mass is 446 g/mol. The maximum atomic E-state index is 12.6. The highest BCUT2D eigenvalue weighted by molar-refractivity contribution is 6.39. The first-order valence-corrected chi connectivity index (χ1v) is 10.2. The first kappa shape index (κ1) is 23.8. The van der Waals surface area contributed by atoms with Crippen LogP contribution in [0.5, 0.6) is 11.5 Å². The summed E-state index contributed by atoms with van der Waals surface area (Å²) in [5.41, 5.74) is 1.34. The van der Waals surface area contributed by atoms with Crippen molar-refractivity contribution in [2.24, 2.45) is 0 Å². The third-order valence-corrected chi connectivity index (χ3v) is 5.29. The van der Waals surface area contributed by atoms with Crippen molar-refractivity contribution in [3.63, 3.8) is 0 Å². The van der Waals surface area contributed by atoms with Gasteiger partial charge in [0, 0.05) is 13.0 Å². The number of hydrogen-bond acceptors (Lipinski definition) is 9. The number of hydrogen-bond donors (Lipinski definition) is 5. The summed E-state index contributed by atoms with van der Waals surface area (Å²) in [4.78, 5) is 25.0. The van der Waals surface area contributed by atoms with Crippen LogP contribution in [0.2, 0.25) is 0 Å². The molecule has 0 aromatic heterocycles. The standard InChI is InChI=1S/C23H26O9/c24-12-11-13-5-8-15(9-6-13)31-23-21(30)19(28)20(29)22(32-23)18(27)17(26)10-7-14-3-1-2-4-16(14)25/h1-6,8-9,19-25,28-30H,7,10-12H2/t19-,20-,21+,22+,23+/m0/s1. The van der Waals surface area contributed by atoms with Gasteiger partial charge in [0.25, 0.3) is 0 Å². The van der Waals surface area contributed by atoms with Crippen LogP contribution >= 0.6 is 0 Å². The highest BCUT2D eigenvalue weighted by atomic mass is 16.7. The molecule has 1 heterocycles. The van der Waals surface area contributed by atoms with E-state index in [9.17, 15) is 30.0 Å². The molecule has 2 aromatic rings. The number of ketones is 2. The summed E-state index contributed by atoms with van der Waals surface area (Å²) in [6.07, 6.45) is -8.16. The first-order valence-electron chi connectivity index (χ1n) is 10.2. The van der Waals surface area contributed by atoms with Crippen LogP contribution in [0, 0.1) is 0 Å². The number of para-hydroxylation sites is 1. The Hall–Kier alpha value is -2.82. The molecule has 1 aliphatic rings. The van der Waals surface area contributed by atoms with Gasteiger partial charge in [-0.25, -0.2) is 0 Å². The van der Waals surface area contributed by atoms with Crippen LogP contribution in [0.4, 0.5) is 0 Å². The molecule has 1 saturated heterocycles. The molecule has 2 aromatic carbocycles. The minimum atomic E-state index is -1.82. The average molecular weight is 446 g/mol. The highest BCUT2D eigenvalue weighted by Crippen LogP contribution is 2.26. The third-order valence-electron chi connectivity index (χ3n) is 5.29. The van der Waals surface area contributed by atoms with Crippen LogP contribution in [0.3, 0.4) is 0 Å². The number of phenols is 1. The molecule has 0 spiro atoms. The molecular formula is C23H26O9. The lowest BCUT2D eigenvalue weighted by atomic mass is 9.93. The van der Waals surface area contributed by atoms with Crippen molar-refractivity contribution >= 4 is 11.6 Å². The molecule has 9 heteroatoms. The molecule has 0 radical (unpaired) electrons. The molecule has 0 saturated carbocycles. The minimum absolute atomic E-state index is 0.00119. The van der Waals surface area contributed by atoms with E-state index in [2.05, 4.69) is 0 Å². The molecule has 9 nitrogen and oxygen atoms in total. The van der Waals surface area contributed by atoms with Crippen LogP contribution in [0.25, 0.3) is 0 Å². The van der Waals surface area contributed by atoms with Gasteiger partial charge in [0.05, 0.1) is 0 Å². The van der Waals surface area contributed by atoms with Crippen LogP contribution < -0.4 is 4.74 Å². The van der Waals surface area contributed by atoms with Crippen molar-refractivity contribution < 1.29 is 44.6 Å². The number of aromatic hydroxyl groups is 1. The lowest BCUT2D eigenvalue weighted by Crippen LogP contribution is -2.62. The van der Waals surface area contributed by atoms with Gasteiger partial charge in [0.15, 0.2) is 6.10 Å². The van der Waals surface area contributed by atoms with E-state index in [1.54, 1.807) is 42.5 Å². The zero-order chi connectivity index (χ0) is 23.3. The molecular weight excluding hydrogens is 420 g/mol. The number of aliphatic hydroxyl groups excluding tert-OH is 4. The second kappa shape index (κ2) is 10.7. The normalized spacial score (nSPS) is 25.3. The summed E-state index contributed by atoms with van der Waals surface area (Å²) in [6, 6.07) is 12.9. The van der Waals surface area contributed by atoms with Gasteiger partial charge in [-0.05, 0) is 42.2 Å². The lowest BCUT2D eigenvalue weighted by Gasteiger charge is -2.39. The van der Waals surface area contributed by atoms with Gasteiger partial charge in [-0.15, -0.1) is 0 Å². The summed E-state index contributed by atoms with van der Waals surface area (Å²) in [5.74, 6) is -1.66. The molecule has 172 valence electrons. The van der Waals surface area contributed by atoms with Crippen molar-refractivity contribution in [3.8, 4) is 11.5 Å². The van der Waals surface area contributed by atoms with Crippen LogP contribution in [0.15, 0.2) is 48.5 Å². The predicted molar refractivity (Wildman–Crippen MR) is 111 cm³/mol. The molecule has 1 aliphatic heterocycles. The molecule has 1 fully saturated rings. The molecule has 0 amide bonds. The number of benzene rings is 2. The number of aryl methyl sites for hydroxylation is 1. The second-order valence-corrected chi connectivity index (χ2v) is 7.55. The largest absolute Gasteiger partial charge is 0.508 e. The predicted octanol–water partition coefficient (Wildman–Crippen LogP) is -0.116. The van der Waals surface area contributed by atoms with E-state index in [1.807, 2.05) is 0 Å². The zero-order valence-corrected chi connectivity index (χ0v) is 17.2. The van der Waals surface area contributed by atoms with Crippen molar-refractivity contribution in [2.45, 2.75) is 50.0 Å². The Morgan fingerprint density at radius 2 is 1.59 bits per heavy atom. The van der Waals surface area contributed by atoms with E-state index in [0.717, 1.165) is 5.56 Å². The minimum Gasteiger partial charge on any atom is -0.508 e. The smallest absolute Gasteiger partial charge is 0.229 e. The summed E-state index contributed by atoms with van der Waals surface area (Å²) >= 11 is 0. The van der Waals surface area contributed by atoms with Gasteiger partial charge >= 0.3 is 0 Å². The zero-order valence-electron chi connectivity index (χ0n) is 17.2. The Labute approximate surface area is 184 Å². The average Bonchev–Trinajstić information content (AvgIpc) is 2.79. The fourth-order valence-corrected chi connectivity index (χ4v) is 3.41. The number of Topliss-reactive ketones (excluding diaryl/α,β-unsaturated/α-hetero) is 2. The fourth-order valence-electron chi connectivity index (χ4n) is 3.41. The van der Waals surface area contributed by atoms with E-state index in [0.29, 0.717) is 12.0 Å². The number of phenolic OH excluding ortho intramolecular Hbond substituents is 1. The Kier molecular flexibility index (Phi) is 7.94. The first-order chi connectivity index (χ1) is 15.3. The van der Waals surface area contributed by atoms with Crippen molar-refractivity contribution in [3.05, 3.63) is 59.7 Å². The van der Waals surface area contributed by atoms with Gasteiger partial charge in [0.1, 0.15) is 29.8 Å². The van der Waals surface area contributed by atoms with Gasteiger partial charge in [-0.1, -0.05) is 30.3 Å². The molecule has 0 aliphatic carbocycles. The number of carbonyl (C=O) groups excluding carboxylic acids is 2. The van der Waals surface area contributed by atoms with Crippen molar-refractivity contribution in [2.75, 3.05) is 6.61 Å². The van der Waals surface area contributed by atoms with Gasteiger partial charge < -0.3 is 35.0 Å². The quantitative estimate of drug-likeness (QED) is 0.332. The van der Waals surface area contributed by atoms with Crippen LogP contribution in [0.1, 0.15) is 17.5 Å². The Morgan fingerprint density at radius 1 is 0.906 bits per heavy atom. The fraction of sp³-hybridized carbons (Fsp3) is 0.391. The highest BCUT2D eigenvalue weighted by Gasteiger charge is 2.49. The van der Waals surface area contributed by atoms with Gasteiger partial charge in [-0.3, -0.25) is 9.59 Å². The van der Waals surface area contributed by atoms with Crippen molar-refractivity contribution in [1.82, 2.24) is 0 Å². The van der Waals surface area contributed by atoms with Crippen LogP contribution in [-0.2, 0) is 27.2 Å². The van der Waals surface area contributed by atoms with Gasteiger partial charge in [0.2, 0.25) is 17.9 Å². The summed E-state index contributed by atoms with van der Waals surface area (Å²) in [7, 11) is 0. The molecule has 32 heavy (non-hydrogen) atoms. The van der Waals surface area contributed by atoms with Gasteiger partial charge in [-0.2, -0.15) is 0 Å². The molecule has 0 unspecified atom stereocenters. The summed E-state index contributed by atoms with van der Waals surface area (Å²) in [5, 5.41) is 49.4. The molecule has 5 N–H and O–H groups in total. The van der Waals surface area contributed by atoms with E-state index in [1.165, 1.54) is 6.07 Å². The molecule has 0 bridgehead atoms. The summed E-state index contributed by atoms with van der Waals surface area (Å²) < 4.78 is 10.9. The summed E-state index contributed by atoms with van der Waals surface area (Å²) in [6.45, 7) is -0.0174. The number of rotatable bonds is 9. The maximum Gasteiger partial charge on any atom is 0.229 e. The third kappa shape index (κ3) is 5.50. The Bertz CT molecular complexity index is 927. The molecule has 5 atom stereocenters. The lowest BCUT2D eigenvalue weighted by molar-refractivity contribution is -0.265.